The lowest BCUT2D eigenvalue weighted by Gasteiger charge is -2.28. The van der Waals surface area contributed by atoms with Crippen LogP contribution in [0.1, 0.15) is 11.1 Å². The molecule has 0 aliphatic carbocycles. The van der Waals surface area contributed by atoms with Crippen LogP contribution in [0.5, 0.6) is 11.5 Å². The van der Waals surface area contributed by atoms with E-state index in [-0.39, 0.29) is 12.4 Å². The van der Waals surface area contributed by atoms with E-state index in [1.807, 2.05) is 24.3 Å². The minimum absolute atomic E-state index is 0.192. The molecule has 216 valence electrons. The summed E-state index contributed by atoms with van der Waals surface area (Å²) in [6.07, 6.45) is 2.33. The van der Waals surface area contributed by atoms with Crippen LogP contribution in [0.4, 0.5) is 15.9 Å². The van der Waals surface area contributed by atoms with Gasteiger partial charge in [-0.1, -0.05) is 18.2 Å². The molecule has 11 nitrogen and oxygen atoms in total. The minimum Gasteiger partial charge on any atom is -0.497 e. The number of aromatic nitrogens is 5. The predicted octanol–water partition coefficient (Wildman–Crippen LogP) is 3.84. The zero-order valence-electron chi connectivity index (χ0n) is 23.4. The van der Waals surface area contributed by atoms with Gasteiger partial charge < -0.3 is 29.1 Å². The molecule has 0 spiro atoms. The number of pyridine rings is 1. The average molecular weight is 572 g/mol. The fourth-order valence-corrected chi connectivity index (χ4v) is 5.12. The molecule has 3 aromatic heterocycles. The monoisotopic (exact) mass is 571 g/mol. The number of rotatable bonds is 10. The van der Waals surface area contributed by atoms with Crippen molar-refractivity contribution in [2.45, 2.75) is 19.4 Å². The van der Waals surface area contributed by atoms with Gasteiger partial charge in [0.05, 0.1) is 45.5 Å². The topological polar surface area (TPSA) is 111 Å². The Morgan fingerprint density at radius 3 is 2.57 bits per heavy atom. The van der Waals surface area contributed by atoms with Crippen LogP contribution in [0.25, 0.3) is 22.6 Å². The van der Waals surface area contributed by atoms with Crippen molar-refractivity contribution in [3.8, 4) is 23.0 Å². The third kappa shape index (κ3) is 4.95. The molecule has 0 saturated carbocycles. The zero-order valence-corrected chi connectivity index (χ0v) is 23.4. The van der Waals surface area contributed by atoms with E-state index in [0.29, 0.717) is 65.4 Å². The fraction of sp³-hybridized carbons (Fsp3) is 0.267. The van der Waals surface area contributed by atoms with Crippen LogP contribution in [0, 0.1) is 5.82 Å². The average Bonchev–Trinajstić information content (AvgIpc) is 3.51. The van der Waals surface area contributed by atoms with Gasteiger partial charge in [-0.2, -0.15) is 5.10 Å². The van der Waals surface area contributed by atoms with Crippen molar-refractivity contribution in [3.05, 3.63) is 83.9 Å². The number of nitrogens with zero attached hydrogens (tertiary/aromatic N) is 7. The Hall–Kier alpha value is -4.81. The lowest BCUT2D eigenvalue weighted by Crippen LogP contribution is -2.44. The van der Waals surface area contributed by atoms with Crippen molar-refractivity contribution >= 4 is 22.5 Å². The largest absolute Gasteiger partial charge is 0.497 e. The van der Waals surface area contributed by atoms with Gasteiger partial charge in [-0.3, -0.25) is 0 Å². The molecule has 42 heavy (non-hydrogen) atoms. The van der Waals surface area contributed by atoms with E-state index < -0.39 is 6.35 Å². The number of fused-ring (bicyclic) bond motifs is 2. The van der Waals surface area contributed by atoms with Gasteiger partial charge >= 0.3 is 0 Å². The van der Waals surface area contributed by atoms with Gasteiger partial charge in [0, 0.05) is 37.0 Å². The van der Waals surface area contributed by atoms with Crippen molar-refractivity contribution < 1.29 is 23.7 Å². The van der Waals surface area contributed by atoms with Crippen LogP contribution < -0.4 is 19.3 Å². The highest BCUT2D eigenvalue weighted by Crippen LogP contribution is 2.40. The highest BCUT2D eigenvalue weighted by atomic mass is 19.1. The van der Waals surface area contributed by atoms with E-state index in [4.69, 9.17) is 24.3 Å². The number of aliphatic hydroxyl groups excluding tert-OH is 1. The number of anilines is 2. The van der Waals surface area contributed by atoms with E-state index >= 15 is 0 Å². The first kappa shape index (κ1) is 27.4. The molecule has 0 fully saturated rings. The smallest absolute Gasteiger partial charge is 0.209 e. The predicted molar refractivity (Wildman–Crippen MR) is 155 cm³/mol. The van der Waals surface area contributed by atoms with Crippen LogP contribution in [0.2, 0.25) is 0 Å². The Balaban J connectivity index is 1.42. The summed E-state index contributed by atoms with van der Waals surface area (Å²) < 4.78 is 32.4. The normalized spacial score (nSPS) is 14.5. The van der Waals surface area contributed by atoms with Gasteiger partial charge in [-0.25, -0.2) is 24.0 Å². The Bertz CT molecular complexity index is 1730. The number of hydrogen-bond donors (Lipinski definition) is 1. The van der Waals surface area contributed by atoms with Gasteiger partial charge in [-0.05, 0) is 30.3 Å². The molecule has 1 unspecified atom stereocenters. The maximum atomic E-state index is 14.5. The second-order valence-electron chi connectivity index (χ2n) is 9.71. The van der Waals surface area contributed by atoms with Crippen molar-refractivity contribution in [3.63, 3.8) is 0 Å². The fourth-order valence-electron chi connectivity index (χ4n) is 5.12. The van der Waals surface area contributed by atoms with Crippen LogP contribution >= 0.6 is 0 Å². The number of ether oxygens (including phenoxy) is 3. The van der Waals surface area contributed by atoms with Crippen LogP contribution in [0.15, 0.2) is 67.0 Å². The standard InChI is InChI=1S/C30H30FN7O4/c1-40-14-13-36-24-16-33-27(34-29(24)37(30(36)39)17-20-10-11-21(41-2)15-25(20)42-3)26-22-8-6-12-32-28(22)38(35-26)18-19-7-4-5-9-23(19)31/h4-12,15-16,30,39H,13-14,17-18H2,1-3H3. The number of benzene rings is 2. The highest BCUT2D eigenvalue weighted by Gasteiger charge is 2.37. The molecule has 12 heteroatoms. The molecule has 1 aliphatic heterocycles. The summed E-state index contributed by atoms with van der Waals surface area (Å²) in [6, 6.07) is 15.8. The summed E-state index contributed by atoms with van der Waals surface area (Å²) in [5.74, 6) is 1.85. The first-order valence-corrected chi connectivity index (χ1v) is 13.4. The molecular formula is C30H30FN7O4. The summed E-state index contributed by atoms with van der Waals surface area (Å²) in [6.45, 7) is 1.31. The molecule has 6 rings (SSSR count). The minimum atomic E-state index is -1.02. The van der Waals surface area contributed by atoms with Gasteiger partial charge in [0.25, 0.3) is 0 Å². The lowest BCUT2D eigenvalue weighted by molar-refractivity contribution is 0.149. The Kier molecular flexibility index (Phi) is 7.55. The highest BCUT2D eigenvalue weighted by molar-refractivity contribution is 5.90. The number of aliphatic hydroxyl groups is 1. The second kappa shape index (κ2) is 11.6. The summed E-state index contributed by atoms with van der Waals surface area (Å²) in [7, 11) is 4.80. The Labute approximate surface area is 241 Å². The lowest BCUT2D eigenvalue weighted by atomic mass is 10.1. The third-order valence-electron chi connectivity index (χ3n) is 7.26. The molecule has 0 saturated heterocycles. The summed E-state index contributed by atoms with van der Waals surface area (Å²) in [5, 5.41) is 17.0. The van der Waals surface area contributed by atoms with Crippen molar-refractivity contribution in [1.82, 2.24) is 24.7 Å². The van der Waals surface area contributed by atoms with Crippen molar-refractivity contribution in [2.75, 3.05) is 44.3 Å². The van der Waals surface area contributed by atoms with Gasteiger partial charge in [0.1, 0.15) is 28.7 Å². The first-order valence-electron chi connectivity index (χ1n) is 13.4. The van der Waals surface area contributed by atoms with E-state index in [1.165, 1.54) is 6.07 Å². The second-order valence-corrected chi connectivity index (χ2v) is 9.71. The quantitative estimate of drug-likeness (QED) is 0.265. The summed E-state index contributed by atoms with van der Waals surface area (Å²) >= 11 is 0. The molecule has 1 atom stereocenters. The van der Waals surface area contributed by atoms with Crippen LogP contribution in [-0.2, 0) is 17.8 Å². The molecule has 1 aliphatic rings. The SMILES string of the molecule is COCCN1c2cnc(-c3nn(Cc4ccccc4F)c4ncccc34)nc2N(Cc2ccc(OC)cc2OC)C1O. The summed E-state index contributed by atoms with van der Waals surface area (Å²) in [5.41, 5.74) is 3.07. The maximum absolute atomic E-state index is 14.5. The van der Waals surface area contributed by atoms with Crippen molar-refractivity contribution in [2.24, 2.45) is 0 Å². The van der Waals surface area contributed by atoms with Crippen LogP contribution in [0.3, 0.4) is 0 Å². The van der Waals surface area contributed by atoms with E-state index in [9.17, 15) is 9.50 Å². The Morgan fingerprint density at radius 1 is 0.929 bits per heavy atom. The number of halogens is 1. The molecule has 0 bridgehead atoms. The molecule has 5 aromatic rings. The zero-order chi connectivity index (χ0) is 29.2. The molecule has 0 amide bonds. The number of methoxy groups -OCH3 is 3. The third-order valence-corrected chi connectivity index (χ3v) is 7.26. The molecule has 1 N–H and O–H groups in total. The van der Waals surface area contributed by atoms with Crippen LogP contribution in [-0.4, -0.2) is 70.7 Å². The van der Waals surface area contributed by atoms with E-state index in [0.717, 1.165) is 10.9 Å². The van der Waals surface area contributed by atoms with E-state index in [1.54, 1.807) is 72.5 Å². The van der Waals surface area contributed by atoms with Gasteiger partial charge in [0.2, 0.25) is 6.35 Å². The first-order chi connectivity index (χ1) is 20.5. The molecule has 0 radical (unpaired) electrons. The summed E-state index contributed by atoms with van der Waals surface area (Å²) in [4.78, 5) is 17.6. The van der Waals surface area contributed by atoms with Crippen molar-refractivity contribution in [1.29, 1.82) is 0 Å². The van der Waals surface area contributed by atoms with E-state index in [2.05, 4.69) is 9.97 Å². The molecule has 4 heterocycles. The van der Waals surface area contributed by atoms with Gasteiger partial charge in [-0.15, -0.1) is 0 Å². The molecular weight excluding hydrogens is 541 g/mol. The maximum Gasteiger partial charge on any atom is 0.209 e. The van der Waals surface area contributed by atoms with Gasteiger partial charge in [0.15, 0.2) is 17.3 Å². The molecule has 2 aromatic carbocycles. The Morgan fingerprint density at radius 2 is 1.79 bits per heavy atom. The number of hydrogen-bond acceptors (Lipinski definition) is 10.